The number of aromatic nitrogens is 2. The van der Waals surface area contributed by atoms with Crippen molar-refractivity contribution in [1.82, 2.24) is 14.9 Å². The van der Waals surface area contributed by atoms with Gasteiger partial charge in [-0.3, -0.25) is 4.79 Å². The lowest BCUT2D eigenvalue weighted by atomic mass is 9.96. The molecule has 1 heterocycles. The largest absolute Gasteiger partial charge is 0.361 e. The molecule has 5 nitrogen and oxygen atoms in total. The number of carbonyl (C=O) groups excluding carboxylic acids is 1. The molecule has 0 unspecified atom stereocenters. The van der Waals surface area contributed by atoms with E-state index < -0.39 is 0 Å². The predicted octanol–water partition coefficient (Wildman–Crippen LogP) is 1.93. The molecule has 100 valence electrons. The minimum absolute atomic E-state index is 0.0259. The molecule has 0 aromatic carbocycles. The number of nitrogens with zero attached hydrogens (tertiary/aromatic N) is 3. The van der Waals surface area contributed by atoms with Crippen LogP contribution < -0.4 is 5.32 Å². The lowest BCUT2D eigenvalue weighted by Gasteiger charge is -2.18. The fraction of sp³-hybridized carbons (Fsp3) is 0.583. The van der Waals surface area contributed by atoms with E-state index in [-0.39, 0.29) is 17.9 Å². The highest BCUT2D eigenvalue weighted by Gasteiger charge is 2.19. The van der Waals surface area contributed by atoms with Crippen LogP contribution in [0.15, 0.2) is 6.07 Å². The quantitative estimate of drug-likeness (QED) is 0.853. The van der Waals surface area contributed by atoms with Crippen molar-refractivity contribution in [3.63, 3.8) is 0 Å². The van der Waals surface area contributed by atoms with E-state index in [0.717, 1.165) is 0 Å². The van der Waals surface area contributed by atoms with Crippen LogP contribution >= 0.6 is 11.6 Å². The van der Waals surface area contributed by atoms with Gasteiger partial charge in [0.2, 0.25) is 5.91 Å². The number of halogens is 1. The van der Waals surface area contributed by atoms with Gasteiger partial charge in [0.1, 0.15) is 16.8 Å². The smallest absolute Gasteiger partial charge is 0.241 e. The minimum Gasteiger partial charge on any atom is -0.361 e. The van der Waals surface area contributed by atoms with Crippen LogP contribution in [0.2, 0.25) is 5.15 Å². The van der Waals surface area contributed by atoms with Crippen molar-refractivity contribution in [2.45, 2.75) is 26.2 Å². The number of amides is 1. The summed E-state index contributed by atoms with van der Waals surface area (Å²) in [6.45, 7) is 6.21. The van der Waals surface area contributed by atoms with E-state index in [1.807, 2.05) is 20.8 Å². The van der Waals surface area contributed by atoms with Crippen LogP contribution in [-0.2, 0) is 10.2 Å². The number of hydrogen-bond donors (Lipinski definition) is 1. The monoisotopic (exact) mass is 270 g/mol. The Labute approximate surface area is 113 Å². The van der Waals surface area contributed by atoms with Crippen LogP contribution in [0, 0.1) is 0 Å². The molecule has 1 amide bonds. The van der Waals surface area contributed by atoms with Crippen molar-refractivity contribution >= 4 is 23.3 Å². The van der Waals surface area contributed by atoms with Gasteiger partial charge in [0.05, 0.1) is 6.54 Å². The summed E-state index contributed by atoms with van der Waals surface area (Å²) >= 11 is 5.95. The predicted molar refractivity (Wildman–Crippen MR) is 72.9 cm³/mol. The van der Waals surface area contributed by atoms with E-state index in [1.165, 1.54) is 4.90 Å². The van der Waals surface area contributed by atoms with Gasteiger partial charge in [-0.05, 0) is 0 Å². The summed E-state index contributed by atoms with van der Waals surface area (Å²) in [6, 6.07) is 1.61. The molecule has 1 aromatic rings. The molecule has 1 N–H and O–H groups in total. The maximum Gasteiger partial charge on any atom is 0.241 e. The fourth-order valence-electron chi connectivity index (χ4n) is 1.17. The molecule has 0 atom stereocenters. The van der Waals surface area contributed by atoms with E-state index in [1.54, 1.807) is 20.2 Å². The van der Waals surface area contributed by atoms with Gasteiger partial charge in [0.15, 0.2) is 0 Å². The van der Waals surface area contributed by atoms with Gasteiger partial charge in [-0.15, -0.1) is 0 Å². The zero-order valence-electron chi connectivity index (χ0n) is 11.4. The minimum atomic E-state index is -0.188. The third-order valence-electron chi connectivity index (χ3n) is 2.29. The van der Waals surface area contributed by atoms with Crippen LogP contribution in [0.5, 0.6) is 0 Å². The van der Waals surface area contributed by atoms with Gasteiger partial charge in [-0.1, -0.05) is 32.4 Å². The van der Waals surface area contributed by atoms with Crippen molar-refractivity contribution in [3.8, 4) is 0 Å². The van der Waals surface area contributed by atoms with Gasteiger partial charge in [-0.2, -0.15) is 0 Å². The topological polar surface area (TPSA) is 58.1 Å². The van der Waals surface area contributed by atoms with Crippen molar-refractivity contribution in [3.05, 3.63) is 17.0 Å². The van der Waals surface area contributed by atoms with Crippen molar-refractivity contribution in [1.29, 1.82) is 0 Å². The summed E-state index contributed by atoms with van der Waals surface area (Å²) in [4.78, 5) is 21.5. The standard InChI is InChI=1S/C12H19ClN4O/c1-12(2,3)11-15-8(13)6-9(16-11)14-7-10(18)17(4)5/h6H,7H2,1-5H3,(H,14,15,16). The highest BCUT2D eigenvalue weighted by atomic mass is 35.5. The Hall–Kier alpha value is -1.36. The normalized spacial score (nSPS) is 11.2. The molecule has 0 saturated carbocycles. The number of likely N-dealkylation sites (N-methyl/N-ethyl adjacent to an activating group) is 1. The Kier molecular flexibility index (Phi) is 4.51. The molecule has 18 heavy (non-hydrogen) atoms. The average Bonchev–Trinajstić information content (AvgIpc) is 2.23. The second-order valence-electron chi connectivity index (χ2n) is 5.29. The van der Waals surface area contributed by atoms with Gasteiger partial charge < -0.3 is 10.2 Å². The van der Waals surface area contributed by atoms with Crippen LogP contribution in [0.3, 0.4) is 0 Å². The van der Waals surface area contributed by atoms with E-state index in [2.05, 4.69) is 15.3 Å². The maximum atomic E-state index is 11.5. The molecule has 0 aliphatic carbocycles. The molecule has 0 spiro atoms. The first-order chi connectivity index (χ1) is 8.20. The van der Waals surface area contributed by atoms with Gasteiger partial charge >= 0.3 is 0 Å². The molecule has 0 bridgehead atoms. The SMILES string of the molecule is CN(C)C(=O)CNc1cc(Cl)nc(C(C)(C)C)n1. The molecule has 1 aromatic heterocycles. The number of rotatable bonds is 3. The van der Waals surface area contributed by atoms with Crippen LogP contribution in [0.25, 0.3) is 0 Å². The molecule has 0 saturated heterocycles. The first kappa shape index (κ1) is 14.7. The van der Waals surface area contributed by atoms with Crippen LogP contribution in [0.1, 0.15) is 26.6 Å². The summed E-state index contributed by atoms with van der Waals surface area (Å²) in [5.41, 5.74) is -0.188. The van der Waals surface area contributed by atoms with Crippen molar-refractivity contribution in [2.75, 3.05) is 26.0 Å². The summed E-state index contributed by atoms with van der Waals surface area (Å²) < 4.78 is 0. The molecule has 0 aliphatic heterocycles. The zero-order chi connectivity index (χ0) is 13.9. The van der Waals surface area contributed by atoms with Crippen LogP contribution in [0.4, 0.5) is 5.82 Å². The number of anilines is 1. The first-order valence-corrected chi connectivity index (χ1v) is 6.07. The maximum absolute atomic E-state index is 11.5. The number of nitrogens with one attached hydrogen (secondary N) is 1. The summed E-state index contributed by atoms with van der Waals surface area (Å²) in [6.07, 6.45) is 0. The van der Waals surface area contributed by atoms with E-state index in [9.17, 15) is 4.79 Å². The Morgan fingerprint density at radius 2 is 2.00 bits per heavy atom. The lowest BCUT2D eigenvalue weighted by Crippen LogP contribution is -2.29. The van der Waals surface area contributed by atoms with E-state index >= 15 is 0 Å². The third kappa shape index (κ3) is 4.14. The highest BCUT2D eigenvalue weighted by Crippen LogP contribution is 2.22. The second-order valence-corrected chi connectivity index (χ2v) is 5.68. The van der Waals surface area contributed by atoms with Crippen LogP contribution in [-0.4, -0.2) is 41.4 Å². The Morgan fingerprint density at radius 3 is 2.50 bits per heavy atom. The summed E-state index contributed by atoms with van der Waals surface area (Å²) in [7, 11) is 3.41. The lowest BCUT2D eigenvalue weighted by molar-refractivity contribution is -0.126. The fourth-order valence-corrected chi connectivity index (χ4v) is 1.35. The van der Waals surface area contributed by atoms with E-state index in [0.29, 0.717) is 16.8 Å². The average molecular weight is 271 g/mol. The molecule has 1 rings (SSSR count). The molecule has 0 fully saturated rings. The highest BCUT2D eigenvalue weighted by molar-refractivity contribution is 6.29. The second kappa shape index (κ2) is 5.52. The Morgan fingerprint density at radius 1 is 1.39 bits per heavy atom. The molecule has 0 radical (unpaired) electrons. The first-order valence-electron chi connectivity index (χ1n) is 5.69. The third-order valence-corrected chi connectivity index (χ3v) is 2.48. The van der Waals surface area contributed by atoms with Crippen molar-refractivity contribution in [2.24, 2.45) is 0 Å². The molecule has 0 aliphatic rings. The van der Waals surface area contributed by atoms with Gasteiger partial charge in [0, 0.05) is 25.6 Å². The Bertz CT molecular complexity index is 440. The van der Waals surface area contributed by atoms with E-state index in [4.69, 9.17) is 11.6 Å². The summed E-state index contributed by atoms with van der Waals surface area (Å²) in [5, 5.41) is 3.32. The molecular formula is C12H19ClN4O. The molecule has 6 heteroatoms. The van der Waals surface area contributed by atoms with Gasteiger partial charge in [-0.25, -0.2) is 9.97 Å². The number of hydrogen-bond acceptors (Lipinski definition) is 4. The van der Waals surface area contributed by atoms with Crippen molar-refractivity contribution < 1.29 is 4.79 Å². The summed E-state index contributed by atoms with van der Waals surface area (Å²) in [5.74, 6) is 1.19. The zero-order valence-corrected chi connectivity index (χ0v) is 12.2. The van der Waals surface area contributed by atoms with Gasteiger partial charge in [0.25, 0.3) is 0 Å². The Balaban J connectivity index is 2.84. The number of carbonyl (C=O) groups is 1. The molecular weight excluding hydrogens is 252 g/mol.